The minimum absolute atomic E-state index is 0.278. The van der Waals surface area contributed by atoms with Gasteiger partial charge in [-0.05, 0) is 37.7 Å². The molecule has 0 spiro atoms. The Morgan fingerprint density at radius 1 is 1.39 bits per heavy atom. The van der Waals surface area contributed by atoms with Gasteiger partial charge in [-0.15, -0.1) is 0 Å². The van der Waals surface area contributed by atoms with Crippen LogP contribution in [0.5, 0.6) is 5.75 Å². The van der Waals surface area contributed by atoms with E-state index in [9.17, 15) is 4.39 Å². The van der Waals surface area contributed by atoms with Gasteiger partial charge in [0.25, 0.3) is 0 Å². The first kappa shape index (κ1) is 13.3. The maximum atomic E-state index is 13.3. The number of rotatable bonds is 3. The minimum Gasteiger partial charge on any atom is -0.505 e. The third kappa shape index (κ3) is 2.82. The van der Waals surface area contributed by atoms with Gasteiger partial charge in [-0.25, -0.2) is 4.39 Å². The van der Waals surface area contributed by atoms with Crippen molar-refractivity contribution < 1.29 is 9.50 Å². The van der Waals surface area contributed by atoms with Crippen LogP contribution in [0.2, 0.25) is 0 Å². The van der Waals surface area contributed by atoms with Crippen LogP contribution in [0.1, 0.15) is 12.5 Å². The average molecular weight is 252 g/mol. The van der Waals surface area contributed by atoms with E-state index in [1.807, 2.05) is 0 Å². The van der Waals surface area contributed by atoms with E-state index in [1.54, 1.807) is 6.07 Å². The summed E-state index contributed by atoms with van der Waals surface area (Å²) in [7, 11) is 4.20. The van der Waals surface area contributed by atoms with Gasteiger partial charge in [-0.3, -0.25) is 4.90 Å². The summed E-state index contributed by atoms with van der Waals surface area (Å²) in [6.45, 7) is 5.04. The van der Waals surface area contributed by atoms with E-state index < -0.39 is 5.82 Å². The number of hydrogen-bond donors (Lipinski definition) is 1. The molecule has 1 heterocycles. The van der Waals surface area contributed by atoms with E-state index in [4.69, 9.17) is 5.11 Å². The molecule has 0 saturated carbocycles. The fourth-order valence-electron chi connectivity index (χ4n) is 2.76. The molecule has 0 radical (unpaired) electrons. The van der Waals surface area contributed by atoms with Crippen molar-refractivity contribution in [2.24, 2.45) is 5.92 Å². The zero-order chi connectivity index (χ0) is 13.3. The number of phenolic OH excluding ortho intramolecular Hbond substituents is 1. The summed E-state index contributed by atoms with van der Waals surface area (Å²) in [5.41, 5.74) is 0.914. The second-order valence-electron chi connectivity index (χ2n) is 5.49. The molecule has 1 saturated heterocycles. The average Bonchev–Trinajstić information content (AvgIpc) is 2.65. The first-order chi connectivity index (χ1) is 8.47. The Labute approximate surface area is 108 Å². The highest BCUT2D eigenvalue weighted by Gasteiger charge is 2.30. The molecule has 3 nitrogen and oxygen atoms in total. The summed E-state index contributed by atoms with van der Waals surface area (Å²) in [6.07, 6.45) is 0. The van der Waals surface area contributed by atoms with Crippen molar-refractivity contribution in [3.05, 3.63) is 29.6 Å². The van der Waals surface area contributed by atoms with Gasteiger partial charge in [0, 0.05) is 25.7 Å². The van der Waals surface area contributed by atoms with E-state index in [-0.39, 0.29) is 5.75 Å². The van der Waals surface area contributed by atoms with E-state index in [0.717, 1.165) is 25.2 Å². The van der Waals surface area contributed by atoms with Crippen LogP contribution in [0.4, 0.5) is 4.39 Å². The monoisotopic (exact) mass is 252 g/mol. The first-order valence-corrected chi connectivity index (χ1v) is 6.33. The number of aromatic hydroxyl groups is 1. The molecule has 0 aromatic heterocycles. The lowest BCUT2D eigenvalue weighted by Gasteiger charge is -2.22. The molecule has 1 aliphatic rings. The van der Waals surface area contributed by atoms with E-state index >= 15 is 0 Å². The van der Waals surface area contributed by atoms with Gasteiger partial charge in [-0.2, -0.15) is 0 Å². The zero-order valence-corrected chi connectivity index (χ0v) is 11.2. The van der Waals surface area contributed by atoms with Crippen molar-refractivity contribution in [2.75, 3.05) is 27.2 Å². The molecular formula is C14H21FN2O. The summed E-state index contributed by atoms with van der Waals surface area (Å²) < 4.78 is 13.3. The van der Waals surface area contributed by atoms with Gasteiger partial charge in [0.15, 0.2) is 11.6 Å². The van der Waals surface area contributed by atoms with Gasteiger partial charge in [-0.1, -0.05) is 13.0 Å². The summed E-state index contributed by atoms with van der Waals surface area (Å²) >= 11 is 0. The Bertz CT molecular complexity index is 422. The van der Waals surface area contributed by atoms with E-state index in [1.165, 1.54) is 12.1 Å². The van der Waals surface area contributed by atoms with Crippen molar-refractivity contribution in [1.29, 1.82) is 0 Å². The highest BCUT2D eigenvalue weighted by molar-refractivity contribution is 5.28. The van der Waals surface area contributed by atoms with Crippen LogP contribution in [0.25, 0.3) is 0 Å². The number of likely N-dealkylation sites (N-methyl/N-ethyl adjacent to an activating group) is 1. The summed E-state index contributed by atoms with van der Waals surface area (Å²) in [4.78, 5) is 4.59. The molecule has 2 rings (SSSR count). The summed E-state index contributed by atoms with van der Waals surface area (Å²) in [5.74, 6) is -0.189. The third-order valence-corrected chi connectivity index (χ3v) is 3.73. The highest BCUT2D eigenvalue weighted by Crippen LogP contribution is 2.23. The van der Waals surface area contributed by atoms with Crippen LogP contribution in [0, 0.1) is 11.7 Å². The predicted octanol–water partition coefficient (Wildman–Crippen LogP) is 1.91. The Balaban J connectivity index is 2.00. The van der Waals surface area contributed by atoms with Crippen LogP contribution >= 0.6 is 0 Å². The number of phenols is 1. The zero-order valence-electron chi connectivity index (χ0n) is 11.2. The fourth-order valence-corrected chi connectivity index (χ4v) is 2.76. The Morgan fingerprint density at radius 2 is 2.11 bits per heavy atom. The van der Waals surface area contributed by atoms with Crippen LogP contribution < -0.4 is 0 Å². The van der Waals surface area contributed by atoms with Crippen LogP contribution in [0.3, 0.4) is 0 Å². The van der Waals surface area contributed by atoms with Crippen LogP contribution in [-0.4, -0.2) is 48.1 Å². The normalized spacial score (nSPS) is 24.9. The van der Waals surface area contributed by atoms with Crippen LogP contribution in [0.15, 0.2) is 18.2 Å². The SMILES string of the molecule is CC1CN(Cc2ccc(O)c(F)c2)CC1N(C)C. The summed E-state index contributed by atoms with van der Waals surface area (Å²) in [5, 5.41) is 9.17. The number of hydrogen-bond acceptors (Lipinski definition) is 3. The minimum atomic E-state index is -0.538. The number of nitrogens with zero attached hydrogens (tertiary/aromatic N) is 2. The Hall–Kier alpha value is -1.13. The second kappa shape index (κ2) is 5.24. The third-order valence-electron chi connectivity index (χ3n) is 3.73. The second-order valence-corrected chi connectivity index (χ2v) is 5.49. The van der Waals surface area contributed by atoms with Gasteiger partial charge >= 0.3 is 0 Å². The van der Waals surface area contributed by atoms with Crippen molar-refractivity contribution in [3.8, 4) is 5.75 Å². The summed E-state index contributed by atoms with van der Waals surface area (Å²) in [6, 6.07) is 5.19. The van der Waals surface area contributed by atoms with Gasteiger partial charge in [0.05, 0.1) is 0 Å². The molecule has 1 aliphatic heterocycles. The molecule has 0 bridgehead atoms. The Morgan fingerprint density at radius 3 is 2.67 bits per heavy atom. The van der Waals surface area contributed by atoms with E-state index in [0.29, 0.717) is 12.0 Å². The molecule has 4 heteroatoms. The van der Waals surface area contributed by atoms with Gasteiger partial charge in [0.1, 0.15) is 0 Å². The van der Waals surface area contributed by atoms with Crippen molar-refractivity contribution in [3.63, 3.8) is 0 Å². The molecule has 0 aliphatic carbocycles. The van der Waals surface area contributed by atoms with Crippen LogP contribution in [-0.2, 0) is 6.54 Å². The molecule has 1 aromatic rings. The smallest absolute Gasteiger partial charge is 0.165 e. The maximum absolute atomic E-state index is 13.3. The van der Waals surface area contributed by atoms with Crippen molar-refractivity contribution >= 4 is 0 Å². The standard InChI is InChI=1S/C14H21FN2O/c1-10-7-17(9-13(10)16(2)3)8-11-4-5-14(18)12(15)6-11/h4-6,10,13,18H,7-9H2,1-3H3. The largest absolute Gasteiger partial charge is 0.505 e. The lowest BCUT2D eigenvalue weighted by molar-refractivity contribution is 0.250. The first-order valence-electron chi connectivity index (χ1n) is 6.33. The lowest BCUT2D eigenvalue weighted by atomic mass is 10.1. The number of benzene rings is 1. The predicted molar refractivity (Wildman–Crippen MR) is 70.0 cm³/mol. The number of halogens is 1. The highest BCUT2D eigenvalue weighted by atomic mass is 19.1. The maximum Gasteiger partial charge on any atom is 0.165 e. The molecule has 0 amide bonds. The van der Waals surface area contributed by atoms with Crippen molar-refractivity contribution in [1.82, 2.24) is 9.80 Å². The fraction of sp³-hybridized carbons (Fsp3) is 0.571. The molecule has 1 fully saturated rings. The molecule has 1 aromatic carbocycles. The molecule has 2 unspecified atom stereocenters. The number of likely N-dealkylation sites (tertiary alicyclic amines) is 1. The lowest BCUT2D eigenvalue weighted by Crippen LogP contribution is -2.34. The quantitative estimate of drug-likeness (QED) is 0.890. The molecular weight excluding hydrogens is 231 g/mol. The van der Waals surface area contributed by atoms with Crippen molar-refractivity contribution in [2.45, 2.75) is 19.5 Å². The molecule has 1 N–H and O–H groups in total. The molecule has 2 atom stereocenters. The Kier molecular flexibility index (Phi) is 3.88. The van der Waals surface area contributed by atoms with Gasteiger partial charge in [0.2, 0.25) is 0 Å². The molecule has 18 heavy (non-hydrogen) atoms. The van der Waals surface area contributed by atoms with E-state index in [2.05, 4.69) is 30.8 Å². The topological polar surface area (TPSA) is 26.7 Å². The molecule has 100 valence electrons. The van der Waals surface area contributed by atoms with Gasteiger partial charge < -0.3 is 10.0 Å².